The van der Waals surface area contributed by atoms with Crippen LogP contribution in [0.4, 0.5) is 0 Å². The molecule has 1 nitrogen and oxygen atoms in total. The van der Waals surface area contributed by atoms with Crippen molar-refractivity contribution in [2.75, 3.05) is 6.61 Å². The number of aliphatic hydroxyl groups is 1. The molecule has 0 aliphatic heterocycles. The minimum atomic E-state index is 0.354. The van der Waals surface area contributed by atoms with Gasteiger partial charge in [-0.1, -0.05) is 43.2 Å². The molecule has 0 unspecified atom stereocenters. The molecule has 1 N–H and O–H groups in total. The quantitative estimate of drug-likeness (QED) is 0.816. The van der Waals surface area contributed by atoms with Crippen LogP contribution in [0.3, 0.4) is 0 Å². The molecule has 0 bridgehead atoms. The third-order valence-corrected chi connectivity index (χ3v) is 3.82. The molecule has 0 heterocycles. The molecule has 1 aliphatic carbocycles. The Labute approximate surface area is 98.5 Å². The molecule has 1 saturated carbocycles. The lowest BCUT2D eigenvalue weighted by Crippen LogP contribution is -2.14. The van der Waals surface area contributed by atoms with E-state index in [1.165, 1.54) is 37.7 Å². The van der Waals surface area contributed by atoms with E-state index in [4.69, 9.17) is 5.11 Å². The Morgan fingerprint density at radius 3 is 2.69 bits per heavy atom. The van der Waals surface area contributed by atoms with Crippen LogP contribution in [0.5, 0.6) is 0 Å². The van der Waals surface area contributed by atoms with Crippen LogP contribution in [-0.2, 0) is 0 Å². The summed E-state index contributed by atoms with van der Waals surface area (Å²) in [5.74, 6) is 1.60. The first-order valence-corrected chi connectivity index (χ1v) is 6.56. The summed E-state index contributed by atoms with van der Waals surface area (Å²) in [6, 6.07) is 10.9. The standard InChI is InChI=1S/C15H22O/c16-11-5-7-13-6-4-10-15(12-13)14-8-2-1-3-9-14/h1-3,8-9,13,15-16H,4-7,10-12H2/t13-,15+/m0/s1. The van der Waals surface area contributed by atoms with Crippen molar-refractivity contribution in [3.05, 3.63) is 35.9 Å². The van der Waals surface area contributed by atoms with Gasteiger partial charge in [0.2, 0.25) is 0 Å². The Balaban J connectivity index is 1.91. The van der Waals surface area contributed by atoms with E-state index in [9.17, 15) is 0 Å². The van der Waals surface area contributed by atoms with Crippen molar-refractivity contribution >= 4 is 0 Å². The highest BCUT2D eigenvalue weighted by Gasteiger charge is 2.22. The van der Waals surface area contributed by atoms with E-state index in [0.29, 0.717) is 6.61 Å². The fourth-order valence-corrected chi connectivity index (χ4v) is 2.96. The summed E-state index contributed by atoms with van der Waals surface area (Å²) in [6.45, 7) is 0.354. The molecule has 0 saturated heterocycles. The summed E-state index contributed by atoms with van der Waals surface area (Å²) in [6.07, 6.45) is 7.58. The van der Waals surface area contributed by atoms with E-state index in [1.807, 2.05) is 0 Å². The molecule has 1 aromatic rings. The second-order valence-electron chi connectivity index (χ2n) is 5.01. The molecule has 0 amide bonds. The maximum Gasteiger partial charge on any atom is 0.0431 e. The van der Waals surface area contributed by atoms with E-state index < -0.39 is 0 Å². The summed E-state index contributed by atoms with van der Waals surface area (Å²) in [7, 11) is 0. The van der Waals surface area contributed by atoms with Crippen LogP contribution < -0.4 is 0 Å². The second kappa shape index (κ2) is 6.05. The molecule has 1 aromatic carbocycles. The van der Waals surface area contributed by atoms with E-state index in [2.05, 4.69) is 30.3 Å². The fraction of sp³-hybridized carbons (Fsp3) is 0.600. The van der Waals surface area contributed by atoms with Gasteiger partial charge in [0.15, 0.2) is 0 Å². The number of benzene rings is 1. The van der Waals surface area contributed by atoms with Crippen LogP contribution in [0.2, 0.25) is 0 Å². The molecule has 0 radical (unpaired) electrons. The Bertz CT molecular complexity index is 294. The second-order valence-corrected chi connectivity index (χ2v) is 5.01. The van der Waals surface area contributed by atoms with Gasteiger partial charge in [-0.2, -0.15) is 0 Å². The van der Waals surface area contributed by atoms with Crippen molar-refractivity contribution in [2.45, 2.75) is 44.4 Å². The molecule has 1 fully saturated rings. The van der Waals surface area contributed by atoms with Crippen molar-refractivity contribution in [1.29, 1.82) is 0 Å². The highest BCUT2D eigenvalue weighted by atomic mass is 16.2. The molecule has 2 atom stereocenters. The molecule has 2 rings (SSSR count). The average molecular weight is 218 g/mol. The summed E-state index contributed by atoms with van der Waals surface area (Å²) < 4.78 is 0. The highest BCUT2D eigenvalue weighted by molar-refractivity contribution is 5.19. The molecular formula is C15H22O. The van der Waals surface area contributed by atoms with Gasteiger partial charge in [-0.3, -0.25) is 0 Å². The highest BCUT2D eigenvalue weighted by Crippen LogP contribution is 2.37. The zero-order chi connectivity index (χ0) is 11.2. The number of rotatable bonds is 4. The van der Waals surface area contributed by atoms with Crippen LogP contribution in [0.15, 0.2) is 30.3 Å². The van der Waals surface area contributed by atoms with Crippen molar-refractivity contribution in [1.82, 2.24) is 0 Å². The lowest BCUT2D eigenvalue weighted by Gasteiger charge is -2.29. The van der Waals surface area contributed by atoms with Crippen molar-refractivity contribution in [2.24, 2.45) is 5.92 Å². The lowest BCUT2D eigenvalue weighted by molar-refractivity contribution is 0.244. The van der Waals surface area contributed by atoms with E-state index in [1.54, 1.807) is 0 Å². The smallest absolute Gasteiger partial charge is 0.0431 e. The molecule has 1 heteroatoms. The van der Waals surface area contributed by atoms with Crippen LogP contribution in [0.1, 0.15) is 50.0 Å². The van der Waals surface area contributed by atoms with Gasteiger partial charge in [0.05, 0.1) is 0 Å². The third kappa shape index (κ3) is 3.08. The van der Waals surface area contributed by atoms with Gasteiger partial charge in [0.25, 0.3) is 0 Å². The maximum atomic E-state index is 8.88. The Morgan fingerprint density at radius 2 is 1.94 bits per heavy atom. The van der Waals surface area contributed by atoms with Crippen LogP contribution in [-0.4, -0.2) is 11.7 Å². The van der Waals surface area contributed by atoms with Crippen molar-refractivity contribution < 1.29 is 5.11 Å². The SMILES string of the molecule is OCCC[C@@H]1CCC[C@@H](c2ccccc2)C1. The first-order chi connectivity index (χ1) is 7.90. The van der Waals surface area contributed by atoms with Gasteiger partial charge in [0.1, 0.15) is 0 Å². The van der Waals surface area contributed by atoms with Gasteiger partial charge in [0, 0.05) is 6.61 Å². The van der Waals surface area contributed by atoms with E-state index >= 15 is 0 Å². The molecule has 16 heavy (non-hydrogen) atoms. The van der Waals surface area contributed by atoms with E-state index in [-0.39, 0.29) is 0 Å². The van der Waals surface area contributed by atoms with E-state index in [0.717, 1.165) is 18.3 Å². The Hall–Kier alpha value is -0.820. The number of hydrogen-bond acceptors (Lipinski definition) is 1. The normalized spacial score (nSPS) is 25.6. The predicted octanol–water partition coefficient (Wildman–Crippen LogP) is 3.73. The van der Waals surface area contributed by atoms with Gasteiger partial charge >= 0.3 is 0 Å². The molecule has 88 valence electrons. The van der Waals surface area contributed by atoms with Crippen LogP contribution >= 0.6 is 0 Å². The van der Waals surface area contributed by atoms with Crippen LogP contribution in [0, 0.1) is 5.92 Å². The Morgan fingerprint density at radius 1 is 1.12 bits per heavy atom. The minimum absolute atomic E-state index is 0.354. The summed E-state index contributed by atoms with van der Waals surface area (Å²) in [5.41, 5.74) is 1.51. The third-order valence-electron chi connectivity index (χ3n) is 3.82. The van der Waals surface area contributed by atoms with Gasteiger partial charge < -0.3 is 5.11 Å². The number of aliphatic hydroxyl groups excluding tert-OH is 1. The lowest BCUT2D eigenvalue weighted by atomic mass is 9.76. The van der Waals surface area contributed by atoms with Gasteiger partial charge in [-0.15, -0.1) is 0 Å². The summed E-state index contributed by atoms with van der Waals surface area (Å²) in [5, 5.41) is 8.88. The zero-order valence-electron chi connectivity index (χ0n) is 9.94. The average Bonchev–Trinajstić information content (AvgIpc) is 2.38. The van der Waals surface area contributed by atoms with Crippen molar-refractivity contribution in [3.8, 4) is 0 Å². The number of hydrogen-bond donors (Lipinski definition) is 1. The fourth-order valence-electron chi connectivity index (χ4n) is 2.96. The van der Waals surface area contributed by atoms with Crippen LogP contribution in [0.25, 0.3) is 0 Å². The predicted molar refractivity (Wildman–Crippen MR) is 67.5 cm³/mol. The maximum absolute atomic E-state index is 8.88. The molecule has 1 aliphatic rings. The zero-order valence-corrected chi connectivity index (χ0v) is 9.94. The summed E-state index contributed by atoms with van der Waals surface area (Å²) in [4.78, 5) is 0. The topological polar surface area (TPSA) is 20.2 Å². The van der Waals surface area contributed by atoms with Gasteiger partial charge in [-0.25, -0.2) is 0 Å². The Kier molecular flexibility index (Phi) is 4.41. The minimum Gasteiger partial charge on any atom is -0.396 e. The first-order valence-electron chi connectivity index (χ1n) is 6.56. The first kappa shape index (κ1) is 11.7. The largest absolute Gasteiger partial charge is 0.396 e. The molecule has 0 aromatic heterocycles. The molecular weight excluding hydrogens is 196 g/mol. The van der Waals surface area contributed by atoms with Crippen molar-refractivity contribution in [3.63, 3.8) is 0 Å². The van der Waals surface area contributed by atoms with Gasteiger partial charge in [-0.05, 0) is 43.1 Å². The molecule has 0 spiro atoms. The monoisotopic (exact) mass is 218 g/mol. The summed E-state index contributed by atoms with van der Waals surface area (Å²) >= 11 is 0.